The number of hydrogen-bond donors (Lipinski definition) is 1. The lowest BCUT2D eigenvalue weighted by Crippen LogP contribution is -2.12. The molecular weight excluding hydrogens is 416 g/mol. The number of benzene rings is 1. The monoisotopic (exact) mass is 424 g/mol. The second-order valence-electron chi connectivity index (χ2n) is 4.75. The lowest BCUT2D eigenvalue weighted by Gasteiger charge is -2.06. The largest absolute Gasteiger partial charge is 0.312 e. The van der Waals surface area contributed by atoms with Crippen LogP contribution in [0, 0.1) is 11.3 Å². The molecule has 3 nitrogen and oxygen atoms in total. The highest BCUT2D eigenvalue weighted by Crippen LogP contribution is 2.39. The van der Waals surface area contributed by atoms with Crippen LogP contribution >= 0.6 is 43.2 Å². The molecule has 0 saturated carbocycles. The molecule has 0 bridgehead atoms. The molecule has 0 spiro atoms. The van der Waals surface area contributed by atoms with Gasteiger partial charge in [0.15, 0.2) is 0 Å². The van der Waals surface area contributed by atoms with Crippen molar-refractivity contribution in [1.82, 2.24) is 0 Å². The van der Waals surface area contributed by atoms with Crippen molar-refractivity contribution >= 4 is 54.1 Å². The summed E-state index contributed by atoms with van der Waals surface area (Å²) >= 11 is 8.27. The average molecular weight is 426 g/mol. The first-order chi connectivity index (χ1) is 10.1. The van der Waals surface area contributed by atoms with Gasteiger partial charge >= 0.3 is 0 Å². The van der Waals surface area contributed by atoms with E-state index in [1.54, 1.807) is 6.07 Å². The Morgan fingerprint density at radius 1 is 1.33 bits per heavy atom. The summed E-state index contributed by atoms with van der Waals surface area (Å²) in [6.45, 7) is 0. The van der Waals surface area contributed by atoms with Crippen LogP contribution in [0.4, 0.5) is 5.00 Å². The van der Waals surface area contributed by atoms with Gasteiger partial charge in [0.05, 0.1) is 11.1 Å². The van der Waals surface area contributed by atoms with Crippen molar-refractivity contribution in [3.63, 3.8) is 0 Å². The summed E-state index contributed by atoms with van der Waals surface area (Å²) in [5.74, 6) is -0.209. The van der Waals surface area contributed by atoms with Gasteiger partial charge < -0.3 is 5.32 Å². The number of nitriles is 1. The van der Waals surface area contributed by atoms with E-state index in [-0.39, 0.29) is 5.91 Å². The van der Waals surface area contributed by atoms with Gasteiger partial charge in [-0.2, -0.15) is 5.26 Å². The summed E-state index contributed by atoms with van der Waals surface area (Å²) in [6.07, 6.45) is 3.04. The van der Waals surface area contributed by atoms with E-state index < -0.39 is 0 Å². The molecule has 0 atom stereocenters. The van der Waals surface area contributed by atoms with Crippen molar-refractivity contribution in [3.8, 4) is 6.07 Å². The van der Waals surface area contributed by atoms with Crippen LogP contribution in [0.1, 0.15) is 32.8 Å². The lowest BCUT2D eigenvalue weighted by atomic mass is 10.1. The zero-order chi connectivity index (χ0) is 15.0. The minimum absolute atomic E-state index is 0.209. The predicted octanol–water partition coefficient (Wildman–Crippen LogP) is 4.89. The third kappa shape index (κ3) is 2.78. The molecule has 0 radical (unpaired) electrons. The van der Waals surface area contributed by atoms with Crippen molar-refractivity contribution in [2.75, 3.05) is 5.32 Å². The third-order valence-corrected chi connectivity index (χ3v) is 5.83. The van der Waals surface area contributed by atoms with Gasteiger partial charge in [-0.05, 0) is 59.0 Å². The molecule has 2 aromatic rings. The first-order valence-electron chi connectivity index (χ1n) is 6.41. The Labute approximate surface area is 143 Å². The van der Waals surface area contributed by atoms with Crippen LogP contribution in [0.5, 0.6) is 0 Å². The number of carbonyl (C=O) groups excluding carboxylic acids is 1. The van der Waals surface area contributed by atoms with E-state index in [1.165, 1.54) is 16.2 Å². The van der Waals surface area contributed by atoms with Gasteiger partial charge in [-0.25, -0.2) is 0 Å². The smallest absolute Gasteiger partial charge is 0.257 e. The summed E-state index contributed by atoms with van der Waals surface area (Å²) in [4.78, 5) is 13.6. The van der Waals surface area contributed by atoms with Crippen LogP contribution in [-0.4, -0.2) is 5.91 Å². The number of hydrogen-bond acceptors (Lipinski definition) is 3. The third-order valence-electron chi connectivity index (χ3n) is 3.43. The second-order valence-corrected chi connectivity index (χ2v) is 7.63. The van der Waals surface area contributed by atoms with Crippen LogP contribution in [0.3, 0.4) is 0 Å². The molecule has 106 valence electrons. The first-order valence-corrected chi connectivity index (χ1v) is 8.81. The Morgan fingerprint density at radius 3 is 2.90 bits per heavy atom. The molecule has 1 N–H and O–H groups in total. The van der Waals surface area contributed by atoms with Crippen molar-refractivity contribution in [3.05, 3.63) is 48.7 Å². The SMILES string of the molecule is N#Cc1c(NC(=O)c2cc(Br)ccc2Br)sc2c1CCC2. The van der Waals surface area contributed by atoms with E-state index in [2.05, 4.69) is 43.2 Å². The summed E-state index contributed by atoms with van der Waals surface area (Å²) in [5, 5.41) is 12.9. The van der Waals surface area contributed by atoms with Gasteiger partial charge in [-0.3, -0.25) is 4.79 Å². The molecule has 1 aliphatic rings. The second kappa shape index (κ2) is 5.91. The fourth-order valence-electron chi connectivity index (χ4n) is 2.45. The van der Waals surface area contributed by atoms with E-state index in [4.69, 9.17) is 0 Å². The molecule has 1 aromatic heterocycles. The zero-order valence-corrected chi connectivity index (χ0v) is 14.9. The number of aryl methyl sites for hydroxylation is 1. The van der Waals surface area contributed by atoms with Crippen LogP contribution in [0.25, 0.3) is 0 Å². The minimum Gasteiger partial charge on any atom is -0.312 e. The first kappa shape index (κ1) is 14.8. The quantitative estimate of drug-likeness (QED) is 0.744. The van der Waals surface area contributed by atoms with Gasteiger partial charge in [0.25, 0.3) is 5.91 Å². The molecule has 6 heteroatoms. The summed E-state index contributed by atoms with van der Waals surface area (Å²) in [7, 11) is 0. The molecule has 0 unspecified atom stereocenters. The number of rotatable bonds is 2. The zero-order valence-electron chi connectivity index (χ0n) is 10.9. The highest BCUT2D eigenvalue weighted by molar-refractivity contribution is 9.11. The molecule has 1 aromatic carbocycles. The van der Waals surface area contributed by atoms with E-state index in [0.717, 1.165) is 33.8 Å². The fourth-order valence-corrected chi connectivity index (χ4v) is 4.48. The van der Waals surface area contributed by atoms with Crippen LogP contribution in [0.15, 0.2) is 27.1 Å². The number of anilines is 1. The Bertz CT molecular complexity index is 777. The number of thiophene rings is 1. The van der Waals surface area contributed by atoms with Gasteiger partial charge in [0.1, 0.15) is 11.1 Å². The van der Waals surface area contributed by atoms with Crippen molar-refractivity contribution in [2.45, 2.75) is 19.3 Å². The molecule has 3 rings (SSSR count). The maximum absolute atomic E-state index is 12.4. The van der Waals surface area contributed by atoms with Crippen LogP contribution in [0.2, 0.25) is 0 Å². The lowest BCUT2D eigenvalue weighted by molar-refractivity contribution is 0.102. The number of nitrogens with zero attached hydrogens (tertiary/aromatic N) is 1. The Hall–Kier alpha value is -1.16. The Balaban J connectivity index is 1.92. The average Bonchev–Trinajstić information content (AvgIpc) is 3.01. The molecule has 0 saturated heterocycles. The number of nitrogens with one attached hydrogen (secondary N) is 1. The molecule has 0 fully saturated rings. The molecule has 1 aliphatic carbocycles. The number of fused-ring (bicyclic) bond motifs is 1. The van der Waals surface area contributed by atoms with Gasteiger partial charge in [0.2, 0.25) is 0 Å². The van der Waals surface area contributed by atoms with E-state index in [0.29, 0.717) is 16.1 Å². The minimum atomic E-state index is -0.209. The molecule has 1 heterocycles. The molecule has 1 amide bonds. The molecule has 0 aliphatic heterocycles. The summed E-state index contributed by atoms with van der Waals surface area (Å²) in [6, 6.07) is 7.67. The molecule has 21 heavy (non-hydrogen) atoms. The number of amides is 1. The predicted molar refractivity (Wildman–Crippen MR) is 90.9 cm³/mol. The van der Waals surface area contributed by atoms with Gasteiger partial charge in [-0.15, -0.1) is 11.3 Å². The van der Waals surface area contributed by atoms with Gasteiger partial charge in [-0.1, -0.05) is 15.9 Å². The Morgan fingerprint density at radius 2 is 2.14 bits per heavy atom. The van der Waals surface area contributed by atoms with E-state index in [1.807, 2.05) is 12.1 Å². The number of carbonyl (C=O) groups is 1. The van der Waals surface area contributed by atoms with Crippen LogP contribution in [-0.2, 0) is 12.8 Å². The van der Waals surface area contributed by atoms with E-state index in [9.17, 15) is 10.1 Å². The summed E-state index contributed by atoms with van der Waals surface area (Å²) in [5.41, 5.74) is 2.29. The maximum atomic E-state index is 12.4. The summed E-state index contributed by atoms with van der Waals surface area (Å²) < 4.78 is 1.57. The van der Waals surface area contributed by atoms with Crippen LogP contribution < -0.4 is 5.32 Å². The Kier molecular flexibility index (Phi) is 4.16. The highest BCUT2D eigenvalue weighted by atomic mass is 79.9. The molecular formula is C15H10Br2N2OS. The fraction of sp³-hybridized carbons (Fsp3) is 0.200. The standard InChI is InChI=1S/C15H10Br2N2OS/c16-8-4-5-12(17)10(6-8)14(20)19-15-11(7-18)9-2-1-3-13(9)21-15/h4-6H,1-3H2,(H,19,20). The van der Waals surface area contributed by atoms with Gasteiger partial charge in [0, 0.05) is 13.8 Å². The topological polar surface area (TPSA) is 52.9 Å². The highest BCUT2D eigenvalue weighted by Gasteiger charge is 2.23. The van der Waals surface area contributed by atoms with E-state index >= 15 is 0 Å². The number of halogens is 2. The van der Waals surface area contributed by atoms with Crippen molar-refractivity contribution in [2.24, 2.45) is 0 Å². The maximum Gasteiger partial charge on any atom is 0.257 e. The van der Waals surface area contributed by atoms with Crippen molar-refractivity contribution in [1.29, 1.82) is 5.26 Å². The normalized spacial score (nSPS) is 12.8. The van der Waals surface area contributed by atoms with Crippen molar-refractivity contribution < 1.29 is 4.79 Å².